The number of furan rings is 1. The normalized spacial score (nSPS) is 15.9. The number of rotatable bonds is 5. The van der Waals surface area contributed by atoms with Crippen molar-refractivity contribution in [2.45, 2.75) is 20.3 Å². The number of hydrogen-bond donors (Lipinski definition) is 1. The summed E-state index contributed by atoms with van der Waals surface area (Å²) in [4.78, 5) is 14.5. The number of carbonyl (C=O) groups excluding carboxylic acids is 1. The van der Waals surface area contributed by atoms with E-state index in [1.165, 1.54) is 11.1 Å². The van der Waals surface area contributed by atoms with Gasteiger partial charge in [-0.25, -0.2) is 0 Å². The number of hydrogen-bond acceptors (Lipinski definition) is 4. The third kappa shape index (κ3) is 3.92. The monoisotopic (exact) mass is 316 g/mol. The molecule has 0 saturated carbocycles. The second-order valence-electron chi connectivity index (χ2n) is 6.17. The molecule has 1 aromatic heterocycles. The smallest absolute Gasteiger partial charge is 0.224 e. The SMILES string of the molecule is Cc1cc2occ(CC(=O)NCCN3CCOCC3)c2cc1C. The summed E-state index contributed by atoms with van der Waals surface area (Å²) < 4.78 is 10.9. The number of morpholine rings is 1. The van der Waals surface area contributed by atoms with Crippen LogP contribution < -0.4 is 5.32 Å². The van der Waals surface area contributed by atoms with E-state index in [0.29, 0.717) is 13.0 Å². The Morgan fingerprint density at radius 2 is 1.96 bits per heavy atom. The van der Waals surface area contributed by atoms with Crippen molar-refractivity contribution in [3.8, 4) is 0 Å². The number of nitrogens with one attached hydrogen (secondary N) is 1. The average Bonchev–Trinajstić information content (AvgIpc) is 2.91. The first-order valence-electron chi connectivity index (χ1n) is 8.17. The van der Waals surface area contributed by atoms with Gasteiger partial charge in [0.1, 0.15) is 5.58 Å². The van der Waals surface area contributed by atoms with Gasteiger partial charge in [-0.05, 0) is 37.1 Å². The first-order valence-corrected chi connectivity index (χ1v) is 8.17. The molecule has 2 aromatic rings. The van der Waals surface area contributed by atoms with Crippen molar-refractivity contribution in [2.24, 2.45) is 0 Å². The molecule has 0 spiro atoms. The standard InChI is InChI=1S/C18H24N2O3/c1-13-9-16-15(12-23-17(16)10-14(13)2)11-18(21)19-3-4-20-5-7-22-8-6-20/h9-10,12H,3-8,11H2,1-2H3,(H,19,21). The van der Waals surface area contributed by atoms with Crippen molar-refractivity contribution in [2.75, 3.05) is 39.4 Å². The molecule has 1 amide bonds. The molecule has 3 rings (SSSR count). The van der Waals surface area contributed by atoms with Gasteiger partial charge >= 0.3 is 0 Å². The van der Waals surface area contributed by atoms with Crippen molar-refractivity contribution in [3.63, 3.8) is 0 Å². The third-order valence-corrected chi connectivity index (χ3v) is 4.47. The van der Waals surface area contributed by atoms with Crippen LogP contribution in [0.4, 0.5) is 0 Å². The van der Waals surface area contributed by atoms with Crippen LogP contribution in [0, 0.1) is 13.8 Å². The van der Waals surface area contributed by atoms with Crippen molar-refractivity contribution in [1.82, 2.24) is 10.2 Å². The summed E-state index contributed by atoms with van der Waals surface area (Å²) in [6.45, 7) is 9.15. The Morgan fingerprint density at radius 3 is 2.74 bits per heavy atom. The Hall–Kier alpha value is -1.85. The van der Waals surface area contributed by atoms with E-state index in [0.717, 1.165) is 49.4 Å². The summed E-state index contributed by atoms with van der Waals surface area (Å²) in [5.41, 5.74) is 4.22. The molecule has 1 fully saturated rings. The van der Waals surface area contributed by atoms with Gasteiger partial charge < -0.3 is 14.5 Å². The molecule has 0 bridgehead atoms. The largest absolute Gasteiger partial charge is 0.464 e. The first kappa shape index (κ1) is 16.0. The summed E-state index contributed by atoms with van der Waals surface area (Å²) in [5, 5.41) is 4.03. The van der Waals surface area contributed by atoms with Gasteiger partial charge in [-0.3, -0.25) is 9.69 Å². The van der Waals surface area contributed by atoms with Gasteiger partial charge in [0.25, 0.3) is 0 Å². The zero-order valence-electron chi connectivity index (χ0n) is 13.9. The number of benzene rings is 1. The summed E-state index contributed by atoms with van der Waals surface area (Å²) in [6.07, 6.45) is 2.06. The quantitative estimate of drug-likeness (QED) is 0.917. The summed E-state index contributed by atoms with van der Waals surface area (Å²) >= 11 is 0. The average molecular weight is 316 g/mol. The molecule has 0 atom stereocenters. The molecule has 0 aliphatic carbocycles. The fourth-order valence-electron chi connectivity index (χ4n) is 2.89. The molecule has 1 N–H and O–H groups in total. The van der Waals surface area contributed by atoms with E-state index in [1.807, 2.05) is 6.07 Å². The van der Waals surface area contributed by atoms with Crippen LogP contribution in [-0.4, -0.2) is 50.2 Å². The first-order chi connectivity index (χ1) is 11.1. The molecule has 124 valence electrons. The molecule has 1 aliphatic rings. The molecular formula is C18H24N2O3. The predicted molar refractivity (Wildman–Crippen MR) is 89.7 cm³/mol. The highest BCUT2D eigenvalue weighted by Crippen LogP contribution is 2.25. The number of fused-ring (bicyclic) bond motifs is 1. The Kier molecular flexibility index (Phi) is 4.98. The Balaban J connectivity index is 1.54. The summed E-state index contributed by atoms with van der Waals surface area (Å²) in [5.74, 6) is 0.0409. The van der Waals surface area contributed by atoms with Crippen molar-refractivity contribution in [1.29, 1.82) is 0 Å². The van der Waals surface area contributed by atoms with Crippen LogP contribution in [0.25, 0.3) is 11.0 Å². The van der Waals surface area contributed by atoms with Crippen LogP contribution in [0.3, 0.4) is 0 Å². The van der Waals surface area contributed by atoms with E-state index < -0.39 is 0 Å². The molecule has 1 aromatic carbocycles. The molecular weight excluding hydrogens is 292 g/mol. The van der Waals surface area contributed by atoms with E-state index in [-0.39, 0.29) is 5.91 Å². The highest BCUT2D eigenvalue weighted by molar-refractivity contribution is 5.88. The van der Waals surface area contributed by atoms with E-state index in [4.69, 9.17) is 9.15 Å². The summed E-state index contributed by atoms with van der Waals surface area (Å²) in [6, 6.07) is 4.13. The Labute approximate surface area is 136 Å². The van der Waals surface area contributed by atoms with E-state index in [1.54, 1.807) is 6.26 Å². The van der Waals surface area contributed by atoms with Gasteiger partial charge in [0.05, 0.1) is 25.9 Å². The molecule has 2 heterocycles. The number of carbonyl (C=O) groups is 1. The lowest BCUT2D eigenvalue weighted by molar-refractivity contribution is -0.120. The zero-order chi connectivity index (χ0) is 16.2. The van der Waals surface area contributed by atoms with Gasteiger partial charge in [0.15, 0.2) is 0 Å². The van der Waals surface area contributed by atoms with E-state index in [9.17, 15) is 4.79 Å². The molecule has 23 heavy (non-hydrogen) atoms. The van der Waals surface area contributed by atoms with Crippen LogP contribution in [-0.2, 0) is 16.0 Å². The molecule has 5 heteroatoms. The lowest BCUT2D eigenvalue weighted by Gasteiger charge is -2.26. The highest BCUT2D eigenvalue weighted by Gasteiger charge is 2.13. The van der Waals surface area contributed by atoms with Crippen LogP contribution >= 0.6 is 0 Å². The predicted octanol–water partition coefficient (Wildman–Crippen LogP) is 2.04. The fraction of sp³-hybridized carbons (Fsp3) is 0.500. The fourth-order valence-corrected chi connectivity index (χ4v) is 2.89. The minimum absolute atomic E-state index is 0.0409. The van der Waals surface area contributed by atoms with Crippen molar-refractivity contribution >= 4 is 16.9 Å². The lowest BCUT2D eigenvalue weighted by Crippen LogP contribution is -2.41. The highest BCUT2D eigenvalue weighted by atomic mass is 16.5. The molecule has 5 nitrogen and oxygen atoms in total. The maximum atomic E-state index is 12.2. The number of nitrogens with zero attached hydrogens (tertiary/aromatic N) is 1. The lowest BCUT2D eigenvalue weighted by atomic mass is 10.0. The molecule has 1 aliphatic heterocycles. The third-order valence-electron chi connectivity index (χ3n) is 4.47. The zero-order valence-corrected chi connectivity index (χ0v) is 13.9. The maximum absolute atomic E-state index is 12.2. The minimum atomic E-state index is 0.0409. The maximum Gasteiger partial charge on any atom is 0.224 e. The van der Waals surface area contributed by atoms with Gasteiger partial charge in [0.2, 0.25) is 5.91 Å². The second kappa shape index (κ2) is 7.15. The second-order valence-corrected chi connectivity index (χ2v) is 6.17. The van der Waals surface area contributed by atoms with Gasteiger partial charge in [-0.2, -0.15) is 0 Å². The molecule has 0 radical (unpaired) electrons. The van der Waals surface area contributed by atoms with Crippen molar-refractivity contribution in [3.05, 3.63) is 35.1 Å². The molecule has 1 saturated heterocycles. The van der Waals surface area contributed by atoms with Gasteiger partial charge in [-0.15, -0.1) is 0 Å². The van der Waals surface area contributed by atoms with Crippen molar-refractivity contribution < 1.29 is 13.9 Å². The van der Waals surface area contributed by atoms with Gasteiger partial charge in [0, 0.05) is 37.1 Å². The van der Waals surface area contributed by atoms with Crippen LogP contribution in [0.1, 0.15) is 16.7 Å². The minimum Gasteiger partial charge on any atom is -0.464 e. The van der Waals surface area contributed by atoms with E-state index >= 15 is 0 Å². The van der Waals surface area contributed by atoms with Crippen LogP contribution in [0.5, 0.6) is 0 Å². The number of aryl methyl sites for hydroxylation is 2. The Bertz CT molecular complexity index is 687. The number of amides is 1. The van der Waals surface area contributed by atoms with Gasteiger partial charge in [-0.1, -0.05) is 0 Å². The van der Waals surface area contributed by atoms with Crippen LogP contribution in [0.2, 0.25) is 0 Å². The number of ether oxygens (including phenoxy) is 1. The topological polar surface area (TPSA) is 54.7 Å². The van der Waals surface area contributed by atoms with E-state index in [2.05, 4.69) is 30.1 Å². The molecule has 0 unspecified atom stereocenters. The Morgan fingerprint density at radius 1 is 1.22 bits per heavy atom. The van der Waals surface area contributed by atoms with Crippen LogP contribution in [0.15, 0.2) is 22.8 Å². The summed E-state index contributed by atoms with van der Waals surface area (Å²) in [7, 11) is 0.